The Balaban J connectivity index is 1.75. The van der Waals surface area contributed by atoms with E-state index in [-0.39, 0.29) is 18.2 Å². The minimum atomic E-state index is -1.85. The van der Waals surface area contributed by atoms with Crippen LogP contribution in [0, 0.1) is 0 Å². The number of carbonyl (C=O) groups excluding carboxylic acids is 2. The standard InChI is InChI=1S/C22H20Cl3N3O3/c1-3-19(29)26-21(22(23,24)25)31-17-11-9-15(10-12-17)13-18-14(2)27-28(20(18)30)16-7-5-4-6-8-16/h4-13,21H,3H2,1-2H3,(H,26,29)/b18-13+. The van der Waals surface area contributed by atoms with Crippen molar-refractivity contribution in [1.29, 1.82) is 0 Å². The second kappa shape index (κ2) is 9.73. The number of hydrogen-bond acceptors (Lipinski definition) is 4. The van der Waals surface area contributed by atoms with Gasteiger partial charge >= 0.3 is 0 Å². The smallest absolute Gasteiger partial charge is 0.280 e. The van der Waals surface area contributed by atoms with Crippen molar-refractivity contribution in [3.8, 4) is 5.75 Å². The number of alkyl halides is 3. The van der Waals surface area contributed by atoms with Gasteiger partial charge in [-0.2, -0.15) is 10.1 Å². The minimum absolute atomic E-state index is 0.206. The van der Waals surface area contributed by atoms with E-state index in [1.807, 2.05) is 30.3 Å². The van der Waals surface area contributed by atoms with Crippen LogP contribution in [-0.4, -0.2) is 27.5 Å². The Hall–Kier alpha value is -2.54. The van der Waals surface area contributed by atoms with Crippen LogP contribution in [0.25, 0.3) is 6.08 Å². The molecule has 0 aliphatic carbocycles. The molecule has 9 heteroatoms. The molecule has 0 spiro atoms. The van der Waals surface area contributed by atoms with E-state index in [0.29, 0.717) is 22.7 Å². The topological polar surface area (TPSA) is 71.0 Å². The molecular formula is C22H20Cl3N3O3. The van der Waals surface area contributed by atoms with Crippen LogP contribution in [0.1, 0.15) is 25.8 Å². The molecule has 1 unspecified atom stereocenters. The van der Waals surface area contributed by atoms with E-state index in [0.717, 1.165) is 5.56 Å². The summed E-state index contributed by atoms with van der Waals surface area (Å²) in [4.78, 5) is 24.5. The first-order valence-electron chi connectivity index (χ1n) is 9.48. The number of benzene rings is 2. The van der Waals surface area contributed by atoms with Crippen LogP contribution in [0.15, 0.2) is 65.3 Å². The Morgan fingerprint density at radius 2 is 1.81 bits per heavy atom. The van der Waals surface area contributed by atoms with Gasteiger partial charge in [-0.3, -0.25) is 9.59 Å². The number of halogens is 3. The number of nitrogens with zero attached hydrogens (tertiary/aromatic N) is 2. The molecule has 3 rings (SSSR count). The molecule has 0 saturated heterocycles. The molecule has 2 amide bonds. The van der Waals surface area contributed by atoms with Crippen molar-refractivity contribution in [2.75, 3.05) is 5.01 Å². The molecule has 1 N–H and O–H groups in total. The third-order valence-corrected chi connectivity index (χ3v) is 5.01. The highest BCUT2D eigenvalue weighted by atomic mass is 35.6. The minimum Gasteiger partial charge on any atom is -0.466 e. The predicted octanol–water partition coefficient (Wildman–Crippen LogP) is 5.09. The molecule has 0 saturated carbocycles. The number of hydrazone groups is 1. The van der Waals surface area contributed by atoms with Gasteiger partial charge in [-0.15, -0.1) is 0 Å². The summed E-state index contributed by atoms with van der Waals surface area (Å²) in [5.74, 6) is -0.123. The van der Waals surface area contributed by atoms with Crippen LogP contribution < -0.4 is 15.1 Å². The second-order valence-electron chi connectivity index (χ2n) is 6.73. The van der Waals surface area contributed by atoms with Crippen molar-refractivity contribution in [2.24, 2.45) is 5.10 Å². The Morgan fingerprint density at radius 3 is 2.39 bits per heavy atom. The highest BCUT2D eigenvalue weighted by Gasteiger charge is 2.36. The van der Waals surface area contributed by atoms with Crippen molar-refractivity contribution in [2.45, 2.75) is 30.3 Å². The molecule has 0 fully saturated rings. The number of ether oxygens (including phenoxy) is 1. The summed E-state index contributed by atoms with van der Waals surface area (Å²) in [5.41, 5.74) is 2.58. The lowest BCUT2D eigenvalue weighted by Gasteiger charge is -2.26. The summed E-state index contributed by atoms with van der Waals surface area (Å²) in [7, 11) is 0. The summed E-state index contributed by atoms with van der Waals surface area (Å²) >= 11 is 17.8. The monoisotopic (exact) mass is 479 g/mol. The van der Waals surface area contributed by atoms with E-state index in [9.17, 15) is 9.59 Å². The van der Waals surface area contributed by atoms with Gasteiger partial charge in [0, 0.05) is 6.42 Å². The van der Waals surface area contributed by atoms with Gasteiger partial charge in [0.15, 0.2) is 0 Å². The maximum absolute atomic E-state index is 12.8. The number of rotatable bonds is 6. The Bertz CT molecular complexity index is 1020. The summed E-state index contributed by atoms with van der Waals surface area (Å²) in [5, 5.41) is 8.26. The molecule has 1 aliphatic heterocycles. The molecule has 0 bridgehead atoms. The van der Waals surface area contributed by atoms with E-state index in [2.05, 4.69) is 10.4 Å². The van der Waals surface area contributed by atoms with Crippen molar-refractivity contribution in [1.82, 2.24) is 5.32 Å². The zero-order valence-electron chi connectivity index (χ0n) is 16.8. The molecule has 6 nitrogen and oxygen atoms in total. The van der Waals surface area contributed by atoms with E-state index in [4.69, 9.17) is 39.5 Å². The molecule has 0 aromatic heterocycles. The van der Waals surface area contributed by atoms with Crippen LogP contribution in [-0.2, 0) is 9.59 Å². The fourth-order valence-corrected chi connectivity index (χ4v) is 3.10. The highest BCUT2D eigenvalue weighted by molar-refractivity contribution is 6.68. The first kappa shape index (κ1) is 23.1. The van der Waals surface area contributed by atoms with Crippen LogP contribution in [0.5, 0.6) is 5.75 Å². The predicted molar refractivity (Wildman–Crippen MR) is 125 cm³/mol. The number of nitrogens with one attached hydrogen (secondary N) is 1. The number of carbonyl (C=O) groups is 2. The van der Waals surface area contributed by atoms with E-state index in [1.54, 1.807) is 44.2 Å². The highest BCUT2D eigenvalue weighted by Crippen LogP contribution is 2.32. The third kappa shape index (κ3) is 5.79. The third-order valence-electron chi connectivity index (χ3n) is 4.42. The first-order chi connectivity index (χ1) is 14.7. The maximum atomic E-state index is 12.8. The van der Waals surface area contributed by atoms with Gasteiger partial charge in [-0.05, 0) is 42.8 Å². The van der Waals surface area contributed by atoms with E-state index in [1.165, 1.54) is 5.01 Å². The quantitative estimate of drug-likeness (QED) is 0.355. The number of anilines is 1. The van der Waals surface area contributed by atoms with Gasteiger partial charge in [-0.1, -0.05) is 72.1 Å². The van der Waals surface area contributed by atoms with Gasteiger partial charge in [-0.25, -0.2) is 0 Å². The van der Waals surface area contributed by atoms with E-state index >= 15 is 0 Å². The maximum Gasteiger partial charge on any atom is 0.280 e. The van der Waals surface area contributed by atoms with Gasteiger partial charge in [0.25, 0.3) is 5.91 Å². The second-order valence-corrected chi connectivity index (χ2v) is 9.09. The SMILES string of the molecule is CCC(=O)NC(Oc1ccc(/C=C2/C(=O)N(c3ccccc3)N=C2C)cc1)C(Cl)(Cl)Cl. The Morgan fingerprint density at radius 1 is 1.16 bits per heavy atom. The molecule has 1 atom stereocenters. The Labute approximate surface area is 195 Å². The fourth-order valence-electron chi connectivity index (χ4n) is 2.80. The molecule has 2 aromatic carbocycles. The lowest BCUT2D eigenvalue weighted by molar-refractivity contribution is -0.123. The zero-order valence-corrected chi connectivity index (χ0v) is 19.1. The van der Waals surface area contributed by atoms with Gasteiger partial charge < -0.3 is 10.1 Å². The van der Waals surface area contributed by atoms with Gasteiger partial charge in [0.1, 0.15) is 5.75 Å². The summed E-state index contributed by atoms with van der Waals surface area (Å²) in [6.45, 7) is 3.47. The van der Waals surface area contributed by atoms with Crippen molar-refractivity contribution in [3.63, 3.8) is 0 Å². The summed E-state index contributed by atoms with van der Waals surface area (Å²) < 4.78 is 3.80. The lowest BCUT2D eigenvalue weighted by Crippen LogP contribution is -2.47. The lowest BCUT2D eigenvalue weighted by atomic mass is 10.1. The zero-order chi connectivity index (χ0) is 22.6. The first-order valence-corrected chi connectivity index (χ1v) is 10.6. The molecule has 162 valence electrons. The van der Waals surface area contributed by atoms with Crippen LogP contribution in [0.4, 0.5) is 5.69 Å². The van der Waals surface area contributed by atoms with Crippen molar-refractivity contribution < 1.29 is 14.3 Å². The molecule has 31 heavy (non-hydrogen) atoms. The average Bonchev–Trinajstić information content (AvgIpc) is 3.02. The van der Waals surface area contributed by atoms with E-state index < -0.39 is 10.0 Å². The normalized spacial score (nSPS) is 16.3. The summed E-state index contributed by atoms with van der Waals surface area (Å²) in [6.07, 6.45) is 0.820. The fraction of sp³-hybridized carbons (Fsp3) is 0.227. The molecule has 2 aromatic rings. The van der Waals surface area contributed by atoms with Crippen LogP contribution >= 0.6 is 34.8 Å². The van der Waals surface area contributed by atoms with Crippen molar-refractivity contribution >= 4 is 64.1 Å². The molecular weight excluding hydrogens is 461 g/mol. The number of amides is 2. The number of hydrogen-bond donors (Lipinski definition) is 1. The van der Waals surface area contributed by atoms with Crippen molar-refractivity contribution in [3.05, 3.63) is 65.7 Å². The molecule has 0 radical (unpaired) electrons. The van der Waals surface area contributed by atoms with Gasteiger partial charge in [0.2, 0.25) is 15.9 Å². The number of para-hydroxylation sites is 1. The van der Waals surface area contributed by atoms with Gasteiger partial charge in [0.05, 0.1) is 17.0 Å². The molecule has 1 heterocycles. The Kier molecular flexibility index (Phi) is 7.26. The van der Waals surface area contributed by atoms with Crippen LogP contribution in [0.3, 0.4) is 0 Å². The van der Waals surface area contributed by atoms with Crippen LogP contribution in [0.2, 0.25) is 0 Å². The average molecular weight is 481 g/mol. The molecule has 1 aliphatic rings. The summed E-state index contributed by atoms with van der Waals surface area (Å²) in [6, 6.07) is 16.1. The largest absolute Gasteiger partial charge is 0.466 e.